The summed E-state index contributed by atoms with van der Waals surface area (Å²) in [5.74, 6) is 2.22. The van der Waals surface area contributed by atoms with Gasteiger partial charge in [0.05, 0.1) is 6.61 Å². The fourth-order valence-electron chi connectivity index (χ4n) is 2.98. The van der Waals surface area contributed by atoms with Crippen molar-refractivity contribution in [3.63, 3.8) is 0 Å². The molecule has 5 heteroatoms. The molecule has 0 radical (unpaired) electrons. The summed E-state index contributed by atoms with van der Waals surface area (Å²) in [4.78, 5) is 4.57. The Morgan fingerprint density at radius 3 is 2.48 bits per heavy atom. The fourth-order valence-corrected chi connectivity index (χ4v) is 2.98. The molecular formula is C24H29NO4. The monoisotopic (exact) mass is 395 g/mol. The molecule has 1 unspecified atom stereocenters. The minimum Gasteiger partial charge on any atom is -0.487 e. The van der Waals surface area contributed by atoms with Crippen molar-refractivity contribution in [1.29, 1.82) is 0 Å². The van der Waals surface area contributed by atoms with E-state index in [4.69, 9.17) is 18.6 Å². The van der Waals surface area contributed by atoms with E-state index in [1.165, 1.54) is 5.56 Å². The Bertz CT molecular complexity index is 858. The highest BCUT2D eigenvalue weighted by molar-refractivity contribution is 5.53. The van der Waals surface area contributed by atoms with Crippen LogP contribution in [0, 0.1) is 6.92 Å². The number of oxazole rings is 1. The number of ether oxygens (including phenoxy) is 3. The summed E-state index contributed by atoms with van der Waals surface area (Å²) < 4.78 is 22.6. The molecule has 0 aliphatic carbocycles. The average Bonchev–Trinajstić information content (AvgIpc) is 3.12. The lowest BCUT2D eigenvalue weighted by atomic mass is 10.1. The van der Waals surface area contributed by atoms with Gasteiger partial charge in [-0.2, -0.15) is 0 Å². The second-order valence-corrected chi connectivity index (χ2v) is 6.82. The van der Waals surface area contributed by atoms with Crippen molar-refractivity contribution >= 4 is 0 Å². The van der Waals surface area contributed by atoms with E-state index in [-0.39, 0.29) is 6.29 Å². The minimum atomic E-state index is -0.141. The molecule has 0 saturated carbocycles. The van der Waals surface area contributed by atoms with Gasteiger partial charge in [0.25, 0.3) is 0 Å². The standard InChI is InChI=1S/C24H29NO4/c1-4-26-19(3)27-16-8-9-20-12-14-22(15-13-20)28-17-23-18(2)29-24(25-23)21-10-6-5-7-11-21/h5-7,10-15,19H,4,8-9,16-17H2,1-3H3. The van der Waals surface area contributed by atoms with Gasteiger partial charge in [0, 0.05) is 12.2 Å². The molecule has 0 bridgehead atoms. The molecule has 5 nitrogen and oxygen atoms in total. The fraction of sp³-hybridized carbons (Fsp3) is 0.375. The van der Waals surface area contributed by atoms with Crippen LogP contribution in [0.15, 0.2) is 59.0 Å². The minimum absolute atomic E-state index is 0.141. The van der Waals surface area contributed by atoms with Crippen LogP contribution < -0.4 is 4.74 Å². The first-order chi connectivity index (χ1) is 14.2. The predicted molar refractivity (Wildman–Crippen MR) is 113 cm³/mol. The highest BCUT2D eigenvalue weighted by atomic mass is 16.7. The van der Waals surface area contributed by atoms with Gasteiger partial charge in [-0.05, 0) is 63.4 Å². The molecule has 0 fully saturated rings. The average molecular weight is 395 g/mol. The molecule has 3 aromatic rings. The molecule has 0 N–H and O–H groups in total. The molecule has 2 aromatic carbocycles. The second-order valence-electron chi connectivity index (χ2n) is 6.82. The molecule has 0 aliphatic heterocycles. The Kier molecular flexibility index (Phi) is 7.85. The Morgan fingerprint density at radius 1 is 1.00 bits per heavy atom. The summed E-state index contributed by atoms with van der Waals surface area (Å²) in [6.07, 6.45) is 1.78. The topological polar surface area (TPSA) is 53.7 Å². The quantitative estimate of drug-likeness (QED) is 0.314. The molecule has 0 spiro atoms. The predicted octanol–water partition coefficient (Wildman–Crippen LogP) is 5.56. The zero-order valence-corrected chi connectivity index (χ0v) is 17.4. The van der Waals surface area contributed by atoms with E-state index in [1.807, 2.05) is 63.2 Å². The summed E-state index contributed by atoms with van der Waals surface area (Å²) in [6, 6.07) is 18.0. The third-order valence-corrected chi connectivity index (χ3v) is 4.58. The maximum absolute atomic E-state index is 5.90. The number of hydrogen-bond acceptors (Lipinski definition) is 5. The highest BCUT2D eigenvalue weighted by Crippen LogP contribution is 2.23. The molecule has 3 rings (SSSR count). The first-order valence-corrected chi connectivity index (χ1v) is 10.1. The van der Waals surface area contributed by atoms with E-state index in [2.05, 4.69) is 17.1 Å². The van der Waals surface area contributed by atoms with E-state index in [0.717, 1.165) is 35.6 Å². The molecule has 1 atom stereocenters. The zero-order valence-electron chi connectivity index (χ0n) is 17.4. The third-order valence-electron chi connectivity index (χ3n) is 4.58. The normalized spacial score (nSPS) is 12.1. The van der Waals surface area contributed by atoms with Crippen LogP contribution in [0.3, 0.4) is 0 Å². The van der Waals surface area contributed by atoms with Crippen LogP contribution in [0.5, 0.6) is 5.75 Å². The van der Waals surface area contributed by atoms with Crippen LogP contribution in [0.1, 0.15) is 37.3 Å². The first kappa shape index (κ1) is 21.1. The van der Waals surface area contributed by atoms with Gasteiger partial charge in [-0.25, -0.2) is 4.98 Å². The lowest BCUT2D eigenvalue weighted by Gasteiger charge is -2.12. The lowest BCUT2D eigenvalue weighted by Crippen LogP contribution is -2.13. The Balaban J connectivity index is 1.46. The maximum Gasteiger partial charge on any atom is 0.226 e. The molecule has 1 aromatic heterocycles. The molecule has 29 heavy (non-hydrogen) atoms. The largest absolute Gasteiger partial charge is 0.487 e. The van der Waals surface area contributed by atoms with Gasteiger partial charge in [-0.15, -0.1) is 0 Å². The SMILES string of the molecule is CCOC(C)OCCCc1ccc(OCc2nc(-c3ccccc3)oc2C)cc1. The van der Waals surface area contributed by atoms with Gasteiger partial charge in [-0.1, -0.05) is 30.3 Å². The maximum atomic E-state index is 5.90. The van der Waals surface area contributed by atoms with Crippen molar-refractivity contribution in [2.24, 2.45) is 0 Å². The van der Waals surface area contributed by atoms with Gasteiger partial charge < -0.3 is 18.6 Å². The van der Waals surface area contributed by atoms with Crippen molar-refractivity contribution < 1.29 is 18.6 Å². The Labute approximate surface area is 172 Å². The van der Waals surface area contributed by atoms with Crippen molar-refractivity contribution in [3.8, 4) is 17.2 Å². The highest BCUT2D eigenvalue weighted by Gasteiger charge is 2.11. The van der Waals surface area contributed by atoms with E-state index in [9.17, 15) is 0 Å². The molecule has 0 amide bonds. The molecular weight excluding hydrogens is 366 g/mol. The summed E-state index contributed by atoms with van der Waals surface area (Å²) in [5.41, 5.74) is 3.04. The van der Waals surface area contributed by atoms with Crippen LogP contribution >= 0.6 is 0 Å². The first-order valence-electron chi connectivity index (χ1n) is 10.1. The van der Waals surface area contributed by atoms with Crippen LogP contribution in [0.4, 0.5) is 0 Å². The molecule has 0 saturated heterocycles. The number of nitrogens with zero attached hydrogens (tertiary/aromatic N) is 1. The van der Waals surface area contributed by atoms with E-state index < -0.39 is 0 Å². The van der Waals surface area contributed by atoms with Crippen molar-refractivity contribution in [2.45, 2.75) is 46.5 Å². The zero-order chi connectivity index (χ0) is 20.5. The third kappa shape index (κ3) is 6.44. The van der Waals surface area contributed by atoms with E-state index >= 15 is 0 Å². The number of rotatable bonds is 11. The second kappa shape index (κ2) is 10.8. The van der Waals surface area contributed by atoms with Gasteiger partial charge >= 0.3 is 0 Å². The summed E-state index contributed by atoms with van der Waals surface area (Å²) in [7, 11) is 0. The molecule has 0 aliphatic rings. The van der Waals surface area contributed by atoms with Crippen molar-refractivity contribution in [2.75, 3.05) is 13.2 Å². The van der Waals surface area contributed by atoms with E-state index in [0.29, 0.717) is 25.7 Å². The van der Waals surface area contributed by atoms with Crippen molar-refractivity contribution in [1.82, 2.24) is 4.98 Å². The van der Waals surface area contributed by atoms with E-state index in [1.54, 1.807) is 0 Å². The molecule has 154 valence electrons. The lowest BCUT2D eigenvalue weighted by molar-refractivity contribution is -0.127. The van der Waals surface area contributed by atoms with Crippen LogP contribution in [0.25, 0.3) is 11.5 Å². The van der Waals surface area contributed by atoms with Crippen LogP contribution in [0.2, 0.25) is 0 Å². The summed E-state index contributed by atoms with van der Waals surface area (Å²) in [6.45, 7) is 7.55. The van der Waals surface area contributed by atoms with Gasteiger partial charge in [0.1, 0.15) is 23.8 Å². The molecule has 1 heterocycles. The Morgan fingerprint density at radius 2 is 1.76 bits per heavy atom. The van der Waals surface area contributed by atoms with Crippen LogP contribution in [-0.4, -0.2) is 24.5 Å². The smallest absolute Gasteiger partial charge is 0.226 e. The number of aryl methyl sites for hydroxylation is 2. The summed E-state index contributed by atoms with van der Waals surface area (Å²) >= 11 is 0. The van der Waals surface area contributed by atoms with Gasteiger partial charge in [0.2, 0.25) is 5.89 Å². The number of hydrogen-bond donors (Lipinski definition) is 0. The number of aromatic nitrogens is 1. The number of benzene rings is 2. The van der Waals surface area contributed by atoms with Gasteiger partial charge in [-0.3, -0.25) is 0 Å². The summed E-state index contributed by atoms with van der Waals surface area (Å²) in [5, 5.41) is 0. The Hall–Kier alpha value is -2.63. The van der Waals surface area contributed by atoms with Crippen LogP contribution in [-0.2, 0) is 22.5 Å². The van der Waals surface area contributed by atoms with Crippen molar-refractivity contribution in [3.05, 3.63) is 71.6 Å². The van der Waals surface area contributed by atoms with Gasteiger partial charge in [0.15, 0.2) is 6.29 Å².